The number of imidazole rings is 1. The van der Waals surface area contributed by atoms with E-state index in [2.05, 4.69) is 9.97 Å². The summed E-state index contributed by atoms with van der Waals surface area (Å²) in [5, 5.41) is -0.179. The van der Waals surface area contributed by atoms with Gasteiger partial charge in [-0.3, -0.25) is 4.72 Å². The van der Waals surface area contributed by atoms with Gasteiger partial charge >= 0.3 is 11.9 Å². The van der Waals surface area contributed by atoms with E-state index in [1.54, 1.807) is 0 Å². The van der Waals surface area contributed by atoms with Crippen LogP contribution >= 0.6 is 11.6 Å². The Hall–Kier alpha value is -2.46. The van der Waals surface area contributed by atoms with Crippen molar-refractivity contribution in [3.63, 3.8) is 0 Å². The molecule has 0 unspecified atom stereocenters. The van der Waals surface area contributed by atoms with Crippen molar-refractivity contribution in [3.05, 3.63) is 57.5 Å². The highest BCUT2D eigenvalue weighted by Gasteiger charge is 2.35. The molecule has 1 heterocycles. The first-order valence-corrected chi connectivity index (χ1v) is 8.54. The molecule has 0 aliphatic rings. The van der Waals surface area contributed by atoms with Crippen molar-refractivity contribution < 1.29 is 21.6 Å². The van der Waals surface area contributed by atoms with E-state index in [0.717, 1.165) is 24.3 Å². The van der Waals surface area contributed by atoms with Gasteiger partial charge < -0.3 is 9.97 Å². The van der Waals surface area contributed by atoms with Crippen LogP contribution < -0.4 is 10.4 Å². The second-order valence-corrected chi connectivity index (χ2v) is 7.20. The van der Waals surface area contributed by atoms with Crippen LogP contribution in [0.3, 0.4) is 0 Å². The van der Waals surface area contributed by atoms with Gasteiger partial charge in [0.2, 0.25) is 0 Å². The van der Waals surface area contributed by atoms with Crippen molar-refractivity contribution >= 4 is 38.3 Å². The normalized spacial score (nSPS) is 12.5. The monoisotopic (exact) mass is 391 g/mol. The number of H-pyrrole nitrogens is 2. The summed E-state index contributed by atoms with van der Waals surface area (Å²) >= 11 is 5.56. The Morgan fingerprint density at radius 3 is 2.36 bits per heavy atom. The zero-order valence-electron chi connectivity index (χ0n) is 12.1. The van der Waals surface area contributed by atoms with Gasteiger partial charge in [0.25, 0.3) is 10.0 Å². The molecule has 25 heavy (non-hydrogen) atoms. The summed E-state index contributed by atoms with van der Waals surface area (Å²) in [5.74, 6) is 0. The molecule has 2 aromatic carbocycles. The van der Waals surface area contributed by atoms with Crippen LogP contribution in [0.1, 0.15) is 5.56 Å². The van der Waals surface area contributed by atoms with Crippen LogP contribution in [0.2, 0.25) is 5.02 Å². The molecular formula is C14H9ClF3N3O3S. The van der Waals surface area contributed by atoms with Crippen molar-refractivity contribution in [1.82, 2.24) is 9.97 Å². The number of aromatic nitrogens is 2. The third-order valence-electron chi connectivity index (χ3n) is 3.33. The Kier molecular flexibility index (Phi) is 4.04. The summed E-state index contributed by atoms with van der Waals surface area (Å²) in [6, 6.07) is 6.33. The van der Waals surface area contributed by atoms with Gasteiger partial charge in [-0.15, -0.1) is 0 Å². The summed E-state index contributed by atoms with van der Waals surface area (Å²) < 4.78 is 65.9. The molecule has 0 amide bonds. The predicted octanol–water partition coefficient (Wildman–Crippen LogP) is 3.33. The molecule has 0 atom stereocenters. The van der Waals surface area contributed by atoms with E-state index < -0.39 is 33.1 Å². The molecule has 3 rings (SSSR count). The lowest BCUT2D eigenvalue weighted by atomic mass is 10.2. The van der Waals surface area contributed by atoms with E-state index in [9.17, 15) is 26.4 Å². The minimum atomic E-state index is -4.79. The summed E-state index contributed by atoms with van der Waals surface area (Å²) in [5.41, 5.74) is -1.82. The van der Waals surface area contributed by atoms with Crippen molar-refractivity contribution in [3.8, 4) is 0 Å². The van der Waals surface area contributed by atoms with Gasteiger partial charge in [-0.2, -0.15) is 13.2 Å². The quantitative estimate of drug-likeness (QED) is 0.639. The largest absolute Gasteiger partial charge is 0.418 e. The highest BCUT2D eigenvalue weighted by Crippen LogP contribution is 2.37. The number of hydrogen-bond acceptors (Lipinski definition) is 3. The Morgan fingerprint density at radius 2 is 1.68 bits per heavy atom. The third-order valence-corrected chi connectivity index (χ3v) is 4.93. The Labute approximate surface area is 143 Å². The molecule has 0 aliphatic heterocycles. The van der Waals surface area contributed by atoms with Gasteiger partial charge in [0.1, 0.15) is 0 Å². The van der Waals surface area contributed by atoms with Gasteiger partial charge in [0.05, 0.1) is 27.2 Å². The van der Waals surface area contributed by atoms with Crippen LogP contribution in [0, 0.1) is 0 Å². The molecule has 0 bridgehead atoms. The Balaban J connectivity index is 2.05. The number of hydrogen-bond donors (Lipinski definition) is 3. The molecular weight excluding hydrogens is 383 g/mol. The summed E-state index contributed by atoms with van der Waals surface area (Å²) in [6.07, 6.45) is -4.79. The van der Waals surface area contributed by atoms with Gasteiger partial charge in [-0.1, -0.05) is 11.6 Å². The molecule has 0 saturated carbocycles. The first-order chi connectivity index (χ1) is 11.6. The SMILES string of the molecule is O=c1[nH]c2ccc(S(=O)(=O)Nc3ccc(Cl)cc3C(F)(F)F)cc2[nH]1. The smallest absolute Gasteiger partial charge is 0.306 e. The minimum Gasteiger partial charge on any atom is -0.306 e. The maximum atomic E-state index is 13.1. The topological polar surface area (TPSA) is 94.8 Å². The maximum absolute atomic E-state index is 13.1. The average molecular weight is 392 g/mol. The molecule has 3 aromatic rings. The number of halogens is 4. The first-order valence-electron chi connectivity index (χ1n) is 6.68. The van der Waals surface area contributed by atoms with Gasteiger partial charge in [-0.25, -0.2) is 13.2 Å². The van der Waals surface area contributed by atoms with Crippen LogP contribution in [-0.2, 0) is 16.2 Å². The average Bonchev–Trinajstić information content (AvgIpc) is 2.87. The molecule has 11 heteroatoms. The van der Waals surface area contributed by atoms with E-state index in [1.807, 2.05) is 4.72 Å². The number of benzene rings is 2. The second kappa shape index (κ2) is 5.81. The fourth-order valence-electron chi connectivity index (χ4n) is 2.22. The lowest BCUT2D eigenvalue weighted by molar-refractivity contribution is -0.136. The van der Waals surface area contributed by atoms with E-state index in [0.29, 0.717) is 11.6 Å². The number of nitrogens with one attached hydrogen (secondary N) is 3. The number of rotatable bonds is 3. The van der Waals surface area contributed by atoms with Crippen molar-refractivity contribution in [1.29, 1.82) is 0 Å². The van der Waals surface area contributed by atoms with Crippen LogP contribution in [0.5, 0.6) is 0 Å². The van der Waals surface area contributed by atoms with Crippen molar-refractivity contribution in [2.24, 2.45) is 0 Å². The van der Waals surface area contributed by atoms with Gasteiger partial charge in [0.15, 0.2) is 0 Å². The minimum absolute atomic E-state index is 0.179. The van der Waals surface area contributed by atoms with Crippen LogP contribution in [0.15, 0.2) is 46.1 Å². The molecule has 3 N–H and O–H groups in total. The third kappa shape index (κ3) is 3.49. The van der Waals surface area contributed by atoms with E-state index in [-0.39, 0.29) is 15.4 Å². The van der Waals surface area contributed by atoms with Crippen LogP contribution in [-0.4, -0.2) is 18.4 Å². The molecule has 0 fully saturated rings. The number of fused-ring (bicyclic) bond motifs is 1. The maximum Gasteiger partial charge on any atom is 0.418 e. The zero-order valence-corrected chi connectivity index (χ0v) is 13.7. The lowest BCUT2D eigenvalue weighted by Gasteiger charge is -2.15. The molecule has 6 nitrogen and oxygen atoms in total. The zero-order chi connectivity index (χ0) is 18.4. The molecule has 0 spiro atoms. The Morgan fingerprint density at radius 1 is 1.00 bits per heavy atom. The number of anilines is 1. The van der Waals surface area contributed by atoms with Crippen LogP contribution in [0.25, 0.3) is 11.0 Å². The van der Waals surface area contributed by atoms with E-state index >= 15 is 0 Å². The van der Waals surface area contributed by atoms with Gasteiger partial charge in [-0.05, 0) is 36.4 Å². The molecule has 0 radical (unpaired) electrons. The first kappa shape index (κ1) is 17.4. The fourth-order valence-corrected chi connectivity index (χ4v) is 3.50. The highest BCUT2D eigenvalue weighted by molar-refractivity contribution is 7.92. The Bertz CT molecular complexity index is 1120. The highest BCUT2D eigenvalue weighted by atomic mass is 35.5. The molecule has 0 aliphatic carbocycles. The van der Waals surface area contributed by atoms with Crippen LogP contribution in [0.4, 0.5) is 18.9 Å². The number of sulfonamides is 1. The van der Waals surface area contributed by atoms with E-state index in [1.165, 1.54) is 6.07 Å². The number of alkyl halides is 3. The van der Waals surface area contributed by atoms with Crippen molar-refractivity contribution in [2.75, 3.05) is 4.72 Å². The summed E-state index contributed by atoms with van der Waals surface area (Å²) in [4.78, 5) is 15.7. The summed E-state index contributed by atoms with van der Waals surface area (Å²) in [6.45, 7) is 0. The molecule has 1 aromatic heterocycles. The molecule has 0 saturated heterocycles. The fraction of sp³-hybridized carbons (Fsp3) is 0.0714. The van der Waals surface area contributed by atoms with Gasteiger partial charge in [0, 0.05) is 5.02 Å². The predicted molar refractivity (Wildman–Crippen MR) is 86.2 cm³/mol. The molecule has 132 valence electrons. The lowest BCUT2D eigenvalue weighted by Crippen LogP contribution is -2.17. The van der Waals surface area contributed by atoms with E-state index in [4.69, 9.17) is 11.6 Å². The standard InChI is InChI=1S/C14H9ClF3N3O3S/c15-7-1-3-10(9(5-7)14(16,17)18)21-25(23,24)8-2-4-11-12(6-8)20-13(22)19-11/h1-6,21H,(H2,19,20,22). The number of aromatic amines is 2. The van der Waals surface area contributed by atoms with Crippen molar-refractivity contribution in [2.45, 2.75) is 11.1 Å². The summed E-state index contributed by atoms with van der Waals surface area (Å²) in [7, 11) is -4.32. The second-order valence-electron chi connectivity index (χ2n) is 5.08.